The number of ether oxygens (including phenoxy) is 2. The van der Waals surface area contributed by atoms with Gasteiger partial charge in [0.15, 0.2) is 0 Å². The summed E-state index contributed by atoms with van der Waals surface area (Å²) in [6.07, 6.45) is 2.56. The monoisotopic (exact) mass is 294 g/mol. The van der Waals surface area contributed by atoms with Crippen molar-refractivity contribution in [3.05, 3.63) is 34.5 Å². The molecular formula is C14H18N2O5. The number of non-ortho nitro benzene ring substituents is 1. The lowest BCUT2D eigenvalue weighted by atomic mass is 10.2. The summed E-state index contributed by atoms with van der Waals surface area (Å²) in [6, 6.07) is 5.05. The third kappa shape index (κ3) is 4.79. The Morgan fingerprint density at radius 3 is 2.67 bits per heavy atom. The SMILES string of the molecule is CCCOc1cc([N+](=O)[O-])c2[nH]ccc2c1.CCOC=O. The number of nitro benzene ring substituents is 1. The molecule has 0 spiro atoms. The van der Waals surface area contributed by atoms with Gasteiger partial charge in [0, 0.05) is 11.6 Å². The Hall–Kier alpha value is -2.57. The van der Waals surface area contributed by atoms with Gasteiger partial charge in [0.2, 0.25) is 0 Å². The molecule has 2 rings (SSSR count). The third-order valence-electron chi connectivity index (χ3n) is 2.52. The summed E-state index contributed by atoms with van der Waals surface area (Å²) >= 11 is 0. The lowest BCUT2D eigenvalue weighted by Gasteiger charge is -2.04. The van der Waals surface area contributed by atoms with Crippen LogP contribution in [0, 0.1) is 10.1 Å². The average molecular weight is 294 g/mol. The Bertz CT molecular complexity index is 594. The van der Waals surface area contributed by atoms with E-state index >= 15 is 0 Å². The highest BCUT2D eigenvalue weighted by molar-refractivity contribution is 5.89. The number of hydrogen-bond donors (Lipinski definition) is 1. The van der Waals surface area contributed by atoms with Crippen molar-refractivity contribution >= 4 is 23.1 Å². The van der Waals surface area contributed by atoms with Crippen molar-refractivity contribution in [1.29, 1.82) is 0 Å². The van der Waals surface area contributed by atoms with Crippen LogP contribution in [0.15, 0.2) is 24.4 Å². The van der Waals surface area contributed by atoms with Gasteiger partial charge in [-0.15, -0.1) is 0 Å². The summed E-state index contributed by atoms with van der Waals surface area (Å²) in [5.74, 6) is 0.542. The molecule has 0 amide bonds. The summed E-state index contributed by atoms with van der Waals surface area (Å²) in [7, 11) is 0. The number of fused-ring (bicyclic) bond motifs is 1. The number of H-pyrrole nitrogens is 1. The molecule has 0 saturated carbocycles. The van der Waals surface area contributed by atoms with Crippen molar-refractivity contribution in [3.8, 4) is 5.75 Å². The van der Waals surface area contributed by atoms with Crippen molar-refractivity contribution in [2.75, 3.05) is 13.2 Å². The van der Waals surface area contributed by atoms with E-state index in [1.807, 2.05) is 6.92 Å². The number of carbonyl (C=O) groups is 1. The molecule has 2 aromatic rings. The van der Waals surface area contributed by atoms with E-state index in [9.17, 15) is 14.9 Å². The first-order chi connectivity index (χ1) is 10.1. The number of aromatic amines is 1. The molecule has 0 atom stereocenters. The van der Waals surface area contributed by atoms with Gasteiger partial charge in [-0.05, 0) is 25.5 Å². The highest BCUT2D eigenvalue weighted by Crippen LogP contribution is 2.29. The van der Waals surface area contributed by atoms with Gasteiger partial charge in [0.25, 0.3) is 12.2 Å². The van der Waals surface area contributed by atoms with Gasteiger partial charge in [-0.25, -0.2) is 0 Å². The van der Waals surface area contributed by atoms with Crippen molar-refractivity contribution in [1.82, 2.24) is 4.98 Å². The largest absolute Gasteiger partial charge is 0.493 e. The van der Waals surface area contributed by atoms with Gasteiger partial charge in [-0.2, -0.15) is 0 Å². The topological polar surface area (TPSA) is 94.5 Å². The minimum atomic E-state index is -0.405. The van der Waals surface area contributed by atoms with E-state index in [2.05, 4.69) is 9.72 Å². The zero-order valence-electron chi connectivity index (χ0n) is 12.0. The molecule has 7 nitrogen and oxygen atoms in total. The molecule has 7 heteroatoms. The number of benzene rings is 1. The number of nitro groups is 1. The number of aromatic nitrogens is 1. The average Bonchev–Trinajstić information content (AvgIpc) is 2.93. The van der Waals surface area contributed by atoms with E-state index in [4.69, 9.17) is 4.74 Å². The molecule has 0 aliphatic rings. The minimum Gasteiger partial charge on any atom is -0.493 e. The van der Waals surface area contributed by atoms with Gasteiger partial charge < -0.3 is 14.5 Å². The van der Waals surface area contributed by atoms with Gasteiger partial charge >= 0.3 is 0 Å². The molecular weight excluding hydrogens is 276 g/mol. The molecule has 0 saturated heterocycles. The maximum atomic E-state index is 10.9. The third-order valence-corrected chi connectivity index (χ3v) is 2.52. The van der Waals surface area contributed by atoms with Crippen LogP contribution in [-0.4, -0.2) is 29.6 Å². The normalized spacial score (nSPS) is 9.62. The van der Waals surface area contributed by atoms with E-state index in [1.165, 1.54) is 6.07 Å². The number of hydrogen-bond acceptors (Lipinski definition) is 5. The molecule has 0 bridgehead atoms. The number of rotatable bonds is 6. The second kappa shape index (κ2) is 8.57. The molecule has 0 aliphatic carbocycles. The molecule has 0 radical (unpaired) electrons. The second-order valence-corrected chi connectivity index (χ2v) is 4.04. The summed E-state index contributed by atoms with van der Waals surface area (Å²) in [6.45, 7) is 5.22. The number of nitrogens with zero attached hydrogens (tertiary/aromatic N) is 1. The Morgan fingerprint density at radius 1 is 1.38 bits per heavy atom. The van der Waals surface area contributed by atoms with Crippen LogP contribution in [0.25, 0.3) is 10.9 Å². The zero-order chi connectivity index (χ0) is 15.7. The van der Waals surface area contributed by atoms with Gasteiger partial charge in [-0.1, -0.05) is 6.92 Å². The predicted molar refractivity (Wildman–Crippen MR) is 78.4 cm³/mol. The maximum absolute atomic E-state index is 10.9. The minimum absolute atomic E-state index is 0.0496. The first-order valence-electron chi connectivity index (χ1n) is 6.57. The highest BCUT2D eigenvalue weighted by atomic mass is 16.6. The molecule has 1 aromatic heterocycles. The van der Waals surface area contributed by atoms with Crippen LogP contribution in [0.1, 0.15) is 20.3 Å². The Balaban J connectivity index is 0.000000383. The fourth-order valence-corrected chi connectivity index (χ4v) is 1.64. The predicted octanol–water partition coefficient (Wildman–Crippen LogP) is 3.04. The van der Waals surface area contributed by atoms with Crippen molar-refractivity contribution in [2.24, 2.45) is 0 Å². The quantitative estimate of drug-likeness (QED) is 0.502. The van der Waals surface area contributed by atoms with Crippen molar-refractivity contribution in [2.45, 2.75) is 20.3 Å². The van der Waals surface area contributed by atoms with Crippen LogP contribution in [0.3, 0.4) is 0 Å². The summed E-state index contributed by atoms with van der Waals surface area (Å²) in [5.41, 5.74) is 0.586. The van der Waals surface area contributed by atoms with Gasteiger partial charge in [0.05, 0.1) is 24.2 Å². The molecule has 114 valence electrons. The van der Waals surface area contributed by atoms with Crippen LogP contribution >= 0.6 is 0 Å². The Kier molecular flexibility index (Phi) is 6.73. The number of nitrogens with one attached hydrogen (secondary N) is 1. The highest BCUT2D eigenvalue weighted by Gasteiger charge is 2.15. The Labute approximate surface area is 122 Å². The number of carbonyl (C=O) groups excluding carboxylic acids is 1. The van der Waals surface area contributed by atoms with Gasteiger partial charge in [0.1, 0.15) is 11.3 Å². The van der Waals surface area contributed by atoms with Crippen LogP contribution < -0.4 is 4.74 Å². The first kappa shape index (κ1) is 16.5. The van der Waals surface area contributed by atoms with Crippen LogP contribution in [0.4, 0.5) is 5.69 Å². The molecule has 0 aliphatic heterocycles. The summed E-state index contributed by atoms with van der Waals surface area (Å²) in [5, 5.41) is 11.7. The maximum Gasteiger partial charge on any atom is 0.296 e. The zero-order valence-corrected chi connectivity index (χ0v) is 12.0. The smallest absolute Gasteiger partial charge is 0.296 e. The first-order valence-corrected chi connectivity index (χ1v) is 6.57. The molecule has 0 fully saturated rings. The summed E-state index contributed by atoms with van der Waals surface area (Å²) < 4.78 is 9.56. The van der Waals surface area contributed by atoms with E-state index in [0.29, 0.717) is 31.0 Å². The molecule has 21 heavy (non-hydrogen) atoms. The lowest BCUT2D eigenvalue weighted by Crippen LogP contribution is -1.96. The second-order valence-electron chi connectivity index (χ2n) is 4.04. The fourth-order valence-electron chi connectivity index (χ4n) is 1.64. The van der Waals surface area contributed by atoms with Crippen molar-refractivity contribution < 1.29 is 19.2 Å². The standard InChI is InChI=1S/C11H12N2O3.C3H6O2/c1-2-5-16-9-6-8-3-4-12-11(8)10(7-9)13(14)15;1-2-5-3-4/h3-4,6-7,12H,2,5H2,1H3;3H,2H2,1H3. The lowest BCUT2D eigenvalue weighted by molar-refractivity contribution is -0.383. The van der Waals surface area contributed by atoms with E-state index < -0.39 is 4.92 Å². The van der Waals surface area contributed by atoms with E-state index in [0.717, 1.165) is 11.8 Å². The Morgan fingerprint density at radius 2 is 2.14 bits per heavy atom. The molecule has 1 aromatic carbocycles. The molecule has 1 N–H and O–H groups in total. The van der Waals surface area contributed by atoms with Crippen LogP contribution in [0.2, 0.25) is 0 Å². The molecule has 0 unspecified atom stereocenters. The molecule has 1 heterocycles. The van der Waals surface area contributed by atoms with E-state index in [-0.39, 0.29) is 5.69 Å². The van der Waals surface area contributed by atoms with Gasteiger partial charge in [-0.3, -0.25) is 14.9 Å². The van der Waals surface area contributed by atoms with Crippen LogP contribution in [0.5, 0.6) is 5.75 Å². The fraction of sp³-hybridized carbons (Fsp3) is 0.357. The van der Waals surface area contributed by atoms with Crippen LogP contribution in [-0.2, 0) is 9.53 Å². The summed E-state index contributed by atoms with van der Waals surface area (Å²) in [4.78, 5) is 22.5. The van der Waals surface area contributed by atoms with Crippen molar-refractivity contribution in [3.63, 3.8) is 0 Å². The van der Waals surface area contributed by atoms with E-state index in [1.54, 1.807) is 25.3 Å².